The van der Waals surface area contributed by atoms with Crippen molar-refractivity contribution >= 4 is 56.9 Å². The molecule has 5 aromatic carbocycles. The normalized spacial score (nSPS) is 12.5. The molecule has 0 aliphatic carbocycles. The molecule has 4 heterocycles. The molecule has 2 N–H and O–H groups in total. The van der Waals surface area contributed by atoms with E-state index in [0.717, 1.165) is 62.1 Å². The molecule has 0 unspecified atom stereocenters. The van der Waals surface area contributed by atoms with Crippen LogP contribution in [0.3, 0.4) is 0 Å². The van der Waals surface area contributed by atoms with Crippen molar-refractivity contribution in [2.45, 2.75) is 0 Å². The van der Waals surface area contributed by atoms with Crippen LogP contribution in [-0.2, 0) is 0 Å². The first kappa shape index (κ1) is 23.8. The Morgan fingerprint density at radius 1 is 0.628 bits per heavy atom. The van der Waals surface area contributed by atoms with Gasteiger partial charge in [-0.1, -0.05) is 48.5 Å². The molecule has 0 amide bonds. The van der Waals surface area contributed by atoms with Gasteiger partial charge in [0.2, 0.25) is 5.88 Å². The maximum absolute atomic E-state index is 6.19. The zero-order valence-electron chi connectivity index (χ0n) is 23.0. The van der Waals surface area contributed by atoms with Crippen molar-refractivity contribution in [2.75, 3.05) is 10.6 Å². The number of aromatic nitrogens is 3. The molecule has 2 aromatic heterocycles. The Labute approximate surface area is 248 Å². The highest BCUT2D eigenvalue weighted by molar-refractivity contribution is 7.00. The third-order valence-electron chi connectivity index (χ3n) is 8.32. The van der Waals surface area contributed by atoms with Gasteiger partial charge in [-0.15, -0.1) is 0 Å². The minimum atomic E-state index is 0.000450. The second kappa shape index (κ2) is 9.36. The number of benzene rings is 5. The molecule has 0 bridgehead atoms. The fourth-order valence-corrected chi connectivity index (χ4v) is 6.46. The molecule has 43 heavy (non-hydrogen) atoms. The quantitative estimate of drug-likeness (QED) is 0.244. The summed E-state index contributed by atoms with van der Waals surface area (Å²) >= 11 is 0. The van der Waals surface area contributed by atoms with Crippen molar-refractivity contribution in [1.29, 1.82) is 0 Å². The molecule has 7 aromatic rings. The summed E-state index contributed by atoms with van der Waals surface area (Å²) in [4.78, 5) is 9.51. The standard InChI is InChI=1S/C36H24BN5O/c1-2-9-24(10-3-1)42-33-14-5-4-11-30(33)41-36(42)23-16-18-28-26(21-23)37-27-22-25(43-34-15-6-7-20-38-34)17-19-29(27)40-32-13-8-12-31(39-28)35(32)37/h1-22,39-40H. The van der Waals surface area contributed by atoms with E-state index in [9.17, 15) is 0 Å². The summed E-state index contributed by atoms with van der Waals surface area (Å²) < 4.78 is 8.44. The van der Waals surface area contributed by atoms with Crippen LogP contribution in [0.2, 0.25) is 0 Å². The number of para-hydroxylation sites is 3. The molecule has 0 radical (unpaired) electrons. The largest absolute Gasteiger partial charge is 0.439 e. The molecule has 7 heteroatoms. The van der Waals surface area contributed by atoms with Crippen LogP contribution >= 0.6 is 0 Å². The van der Waals surface area contributed by atoms with Crippen LogP contribution in [0.25, 0.3) is 28.1 Å². The Morgan fingerprint density at radius 3 is 2.19 bits per heavy atom. The van der Waals surface area contributed by atoms with Crippen LogP contribution in [0.15, 0.2) is 134 Å². The molecule has 0 spiro atoms. The lowest BCUT2D eigenvalue weighted by Crippen LogP contribution is -2.59. The fraction of sp³-hybridized carbons (Fsp3) is 0. The Hall–Kier alpha value is -5.82. The molecule has 0 saturated heterocycles. The summed E-state index contributed by atoms with van der Waals surface area (Å²) in [7, 11) is 0. The van der Waals surface area contributed by atoms with Crippen LogP contribution in [0, 0.1) is 0 Å². The third-order valence-corrected chi connectivity index (χ3v) is 8.32. The van der Waals surface area contributed by atoms with Gasteiger partial charge < -0.3 is 15.4 Å². The number of hydrogen-bond acceptors (Lipinski definition) is 5. The lowest BCUT2D eigenvalue weighted by molar-refractivity contribution is 0.463. The van der Waals surface area contributed by atoms with Gasteiger partial charge in [0.05, 0.1) is 11.0 Å². The Kier molecular flexibility index (Phi) is 5.19. The van der Waals surface area contributed by atoms with Crippen molar-refractivity contribution in [1.82, 2.24) is 14.5 Å². The van der Waals surface area contributed by atoms with Crippen LogP contribution < -0.4 is 31.8 Å². The van der Waals surface area contributed by atoms with Gasteiger partial charge in [0.1, 0.15) is 11.6 Å². The van der Waals surface area contributed by atoms with Gasteiger partial charge in [0.25, 0.3) is 6.71 Å². The van der Waals surface area contributed by atoms with Crippen molar-refractivity contribution in [3.8, 4) is 28.7 Å². The van der Waals surface area contributed by atoms with Crippen molar-refractivity contribution in [3.05, 3.63) is 134 Å². The highest BCUT2D eigenvalue weighted by Gasteiger charge is 2.38. The number of rotatable bonds is 4. The van der Waals surface area contributed by atoms with Gasteiger partial charge in [-0.25, -0.2) is 9.97 Å². The van der Waals surface area contributed by atoms with Gasteiger partial charge in [-0.3, -0.25) is 4.57 Å². The molecule has 202 valence electrons. The van der Waals surface area contributed by atoms with Crippen LogP contribution in [-0.4, -0.2) is 21.2 Å². The molecule has 9 rings (SSSR count). The highest BCUT2D eigenvalue weighted by Crippen LogP contribution is 2.34. The molecular formula is C36H24BN5O. The maximum Gasteiger partial charge on any atom is 0.252 e. The minimum absolute atomic E-state index is 0.000450. The first-order valence-electron chi connectivity index (χ1n) is 14.4. The van der Waals surface area contributed by atoms with Gasteiger partial charge in [0, 0.05) is 46.3 Å². The van der Waals surface area contributed by atoms with Gasteiger partial charge in [0.15, 0.2) is 0 Å². The lowest BCUT2D eigenvalue weighted by atomic mass is 9.33. The number of anilines is 4. The Morgan fingerprint density at radius 2 is 1.37 bits per heavy atom. The average Bonchev–Trinajstić information content (AvgIpc) is 3.45. The SMILES string of the molecule is c1ccc(-n2c(-c3ccc4c(c3)B3c5cc(Oc6ccccn6)ccc5Nc5cccc(c53)N4)nc3ccccc32)cc1. The lowest BCUT2D eigenvalue weighted by Gasteiger charge is -2.35. The summed E-state index contributed by atoms with van der Waals surface area (Å²) in [6.07, 6.45) is 1.74. The van der Waals surface area contributed by atoms with E-state index in [2.05, 4.69) is 111 Å². The zero-order chi connectivity index (χ0) is 28.3. The highest BCUT2D eigenvalue weighted by atomic mass is 16.5. The van der Waals surface area contributed by atoms with Crippen molar-refractivity contribution < 1.29 is 4.74 Å². The number of nitrogens with one attached hydrogen (secondary N) is 2. The fourth-order valence-electron chi connectivity index (χ4n) is 6.46. The summed E-state index contributed by atoms with van der Waals surface area (Å²) in [5, 5.41) is 7.38. The summed E-state index contributed by atoms with van der Waals surface area (Å²) in [6, 6.07) is 43.7. The number of nitrogens with zero attached hydrogens (tertiary/aromatic N) is 3. The zero-order valence-corrected chi connectivity index (χ0v) is 23.0. The number of hydrogen-bond donors (Lipinski definition) is 2. The van der Waals surface area contributed by atoms with Crippen molar-refractivity contribution in [2.24, 2.45) is 0 Å². The molecule has 0 fully saturated rings. The first-order valence-corrected chi connectivity index (χ1v) is 14.4. The molecule has 2 aliphatic heterocycles. The molecule has 2 aliphatic rings. The van der Waals surface area contributed by atoms with Crippen LogP contribution in [0.4, 0.5) is 22.7 Å². The Bertz CT molecular complexity index is 2160. The molecule has 0 atom stereocenters. The molecule has 0 saturated carbocycles. The van der Waals surface area contributed by atoms with Gasteiger partial charge in [-0.05, 0) is 89.2 Å². The first-order chi connectivity index (χ1) is 21.3. The van der Waals surface area contributed by atoms with E-state index in [1.54, 1.807) is 6.20 Å². The van der Waals surface area contributed by atoms with E-state index in [4.69, 9.17) is 9.72 Å². The summed E-state index contributed by atoms with van der Waals surface area (Å²) in [5.74, 6) is 2.23. The minimum Gasteiger partial charge on any atom is -0.439 e. The summed E-state index contributed by atoms with van der Waals surface area (Å²) in [5.41, 5.74) is 12.1. The number of imidazole rings is 1. The van der Waals surface area contributed by atoms with E-state index >= 15 is 0 Å². The maximum atomic E-state index is 6.19. The van der Waals surface area contributed by atoms with Crippen LogP contribution in [0.5, 0.6) is 11.6 Å². The smallest absolute Gasteiger partial charge is 0.252 e. The predicted molar refractivity (Wildman–Crippen MR) is 175 cm³/mol. The van der Waals surface area contributed by atoms with Gasteiger partial charge in [-0.2, -0.15) is 0 Å². The van der Waals surface area contributed by atoms with Gasteiger partial charge >= 0.3 is 0 Å². The second-order valence-corrected chi connectivity index (χ2v) is 10.9. The number of ether oxygens (including phenoxy) is 1. The molecule has 6 nitrogen and oxygen atoms in total. The van der Waals surface area contributed by atoms with E-state index < -0.39 is 0 Å². The summed E-state index contributed by atoms with van der Waals surface area (Å²) in [6.45, 7) is 0.000450. The van der Waals surface area contributed by atoms with Crippen molar-refractivity contribution in [3.63, 3.8) is 0 Å². The number of fused-ring (bicyclic) bond motifs is 5. The number of pyridine rings is 1. The van der Waals surface area contributed by atoms with E-state index in [1.165, 1.54) is 10.9 Å². The average molecular weight is 553 g/mol. The topological polar surface area (TPSA) is 64.0 Å². The molecular weight excluding hydrogens is 529 g/mol. The monoisotopic (exact) mass is 553 g/mol. The second-order valence-electron chi connectivity index (χ2n) is 10.9. The predicted octanol–water partition coefficient (Wildman–Crippen LogP) is 6.51. The van der Waals surface area contributed by atoms with E-state index in [-0.39, 0.29) is 6.71 Å². The third kappa shape index (κ3) is 3.82. The van der Waals surface area contributed by atoms with E-state index in [0.29, 0.717) is 5.88 Å². The van der Waals surface area contributed by atoms with E-state index in [1.807, 2.05) is 36.4 Å². The Balaban J connectivity index is 1.23. The van der Waals surface area contributed by atoms with Crippen LogP contribution in [0.1, 0.15) is 0 Å².